The summed E-state index contributed by atoms with van der Waals surface area (Å²) >= 11 is 0. The fourth-order valence-electron chi connectivity index (χ4n) is 6.99. The minimum atomic E-state index is -0.290. The summed E-state index contributed by atoms with van der Waals surface area (Å²) in [5, 5.41) is 2.20. The van der Waals surface area contributed by atoms with Crippen LogP contribution in [-0.2, 0) is 27.5 Å². The Morgan fingerprint density at radius 3 is 2.35 bits per heavy atom. The van der Waals surface area contributed by atoms with Crippen molar-refractivity contribution in [1.82, 2.24) is 9.55 Å². The van der Waals surface area contributed by atoms with Crippen LogP contribution in [0.4, 0.5) is 27.1 Å². The molecule has 9 rings (SSSR count). The van der Waals surface area contributed by atoms with E-state index in [1.807, 2.05) is 66.3 Å². The molecule has 1 aliphatic rings. The molecular weight excluding hydrogens is 827 g/mol. The summed E-state index contributed by atoms with van der Waals surface area (Å²) in [6.45, 7) is 6.23. The van der Waals surface area contributed by atoms with E-state index in [1.165, 1.54) is 17.7 Å². The van der Waals surface area contributed by atoms with Crippen molar-refractivity contribution in [3.63, 3.8) is 0 Å². The Bertz CT molecular complexity index is 2600. The van der Waals surface area contributed by atoms with Crippen molar-refractivity contribution < 1.29 is 30.2 Å². The van der Waals surface area contributed by atoms with Gasteiger partial charge in [-0.2, -0.15) is 6.07 Å². The SMILES string of the molecule is CCc1ccnc(-n2c3[c-]c(Oc4[c-]c(N5[CH-]N(c6cccc(F)c6)c6ccccc65)cc(-c5ccccc5C)c4)ccc3c3ccccc32)c1.[Pt]. The van der Waals surface area contributed by atoms with Gasteiger partial charge in [0.25, 0.3) is 0 Å². The van der Waals surface area contributed by atoms with Gasteiger partial charge in [0.1, 0.15) is 11.6 Å². The maximum Gasteiger partial charge on any atom is 0.135 e. The van der Waals surface area contributed by atoms with E-state index in [2.05, 4.69) is 102 Å². The first-order chi connectivity index (χ1) is 25.0. The third-order valence-electron chi connectivity index (χ3n) is 9.49. The number of nitrogens with zero attached hydrogens (tertiary/aromatic N) is 4. The molecule has 0 bridgehead atoms. The molecule has 0 spiro atoms. The van der Waals surface area contributed by atoms with E-state index in [9.17, 15) is 4.39 Å². The molecule has 0 atom stereocenters. The zero-order valence-corrected chi connectivity index (χ0v) is 30.7. The molecule has 0 amide bonds. The van der Waals surface area contributed by atoms with Crippen LogP contribution in [0.25, 0.3) is 38.8 Å². The van der Waals surface area contributed by atoms with Gasteiger partial charge < -0.3 is 19.1 Å². The zero-order valence-electron chi connectivity index (χ0n) is 28.5. The van der Waals surface area contributed by atoms with E-state index < -0.39 is 0 Å². The molecule has 5 nitrogen and oxygen atoms in total. The summed E-state index contributed by atoms with van der Waals surface area (Å²) in [4.78, 5) is 8.84. The standard InChI is InChI=1S/C45H32FN4O.Pt/c1-3-31-21-22-47-45(23-31)50-41-16-7-6-15-39(41)40-20-19-36(28-44(40)50)51-37-25-32(38-14-5-4-11-30(38)2)24-35(27-37)49-29-48(34-13-10-12-33(46)26-34)42-17-8-9-18-43(42)49;/h4-26,29H,3H2,1-2H3;/q-3;. The van der Waals surface area contributed by atoms with Crippen LogP contribution in [-0.4, -0.2) is 9.55 Å². The van der Waals surface area contributed by atoms with Crippen LogP contribution < -0.4 is 14.5 Å². The Morgan fingerprint density at radius 2 is 1.52 bits per heavy atom. The molecule has 0 fully saturated rings. The van der Waals surface area contributed by atoms with Crippen molar-refractivity contribution >= 4 is 44.6 Å². The van der Waals surface area contributed by atoms with Gasteiger partial charge in [0.05, 0.1) is 0 Å². The van der Waals surface area contributed by atoms with Gasteiger partial charge in [-0.05, 0) is 84.0 Å². The Kier molecular flexibility index (Phi) is 8.86. The summed E-state index contributed by atoms with van der Waals surface area (Å²) < 4.78 is 23.2. The number of halogens is 1. The van der Waals surface area contributed by atoms with Crippen LogP contribution in [0.5, 0.6) is 11.5 Å². The van der Waals surface area contributed by atoms with Gasteiger partial charge in [-0.15, -0.1) is 53.6 Å². The van der Waals surface area contributed by atoms with Crippen molar-refractivity contribution in [2.24, 2.45) is 0 Å². The molecule has 1 aliphatic heterocycles. The van der Waals surface area contributed by atoms with Crippen LogP contribution in [0.1, 0.15) is 18.1 Å². The molecule has 6 aromatic carbocycles. The Labute approximate surface area is 316 Å². The first kappa shape index (κ1) is 33.4. The van der Waals surface area contributed by atoms with Gasteiger partial charge >= 0.3 is 0 Å². The Morgan fingerprint density at radius 1 is 0.731 bits per heavy atom. The molecule has 0 aliphatic carbocycles. The summed E-state index contributed by atoms with van der Waals surface area (Å²) in [5.41, 5.74) is 9.79. The molecule has 258 valence electrons. The summed E-state index contributed by atoms with van der Waals surface area (Å²) in [6, 6.07) is 50.9. The van der Waals surface area contributed by atoms with Crippen molar-refractivity contribution in [3.05, 3.63) is 175 Å². The monoisotopic (exact) mass is 858 g/mol. The third-order valence-corrected chi connectivity index (χ3v) is 9.49. The number of para-hydroxylation sites is 3. The maximum atomic E-state index is 14.4. The van der Waals surface area contributed by atoms with E-state index in [4.69, 9.17) is 9.72 Å². The molecule has 0 saturated heterocycles. The number of rotatable bonds is 7. The van der Waals surface area contributed by atoms with E-state index >= 15 is 0 Å². The fraction of sp³-hybridized carbons (Fsp3) is 0.0667. The normalized spacial score (nSPS) is 12.3. The molecule has 2 aromatic heterocycles. The first-order valence-electron chi connectivity index (χ1n) is 17.0. The van der Waals surface area contributed by atoms with Gasteiger partial charge in [-0.25, -0.2) is 9.37 Å². The predicted octanol–water partition coefficient (Wildman–Crippen LogP) is 11.7. The van der Waals surface area contributed by atoms with Gasteiger partial charge in [-0.1, -0.05) is 73.1 Å². The molecule has 7 heteroatoms. The number of anilines is 4. The topological polar surface area (TPSA) is 33.5 Å². The summed E-state index contributed by atoms with van der Waals surface area (Å²) in [6.07, 6.45) is 2.78. The van der Waals surface area contributed by atoms with E-state index in [1.54, 1.807) is 6.07 Å². The average molecular weight is 859 g/mol. The smallest absolute Gasteiger partial charge is 0.135 e. The average Bonchev–Trinajstić information content (AvgIpc) is 3.71. The number of benzene rings is 6. The number of hydrogen-bond acceptors (Lipinski definition) is 4. The van der Waals surface area contributed by atoms with Crippen molar-refractivity contribution in [1.29, 1.82) is 0 Å². The maximum absolute atomic E-state index is 14.4. The predicted molar refractivity (Wildman–Crippen MR) is 204 cm³/mol. The van der Waals surface area contributed by atoms with Gasteiger partial charge in [0.2, 0.25) is 0 Å². The number of hydrogen-bond donors (Lipinski definition) is 0. The number of aromatic nitrogens is 2. The van der Waals surface area contributed by atoms with Crippen molar-refractivity contribution in [2.75, 3.05) is 9.80 Å². The van der Waals surface area contributed by atoms with Gasteiger partial charge in [0, 0.05) is 61.3 Å². The number of fused-ring (bicyclic) bond motifs is 4. The molecule has 0 radical (unpaired) electrons. The second kappa shape index (κ2) is 13.8. The quantitative estimate of drug-likeness (QED) is 0.150. The second-order valence-corrected chi connectivity index (χ2v) is 12.7. The zero-order chi connectivity index (χ0) is 34.5. The van der Waals surface area contributed by atoms with E-state index in [-0.39, 0.29) is 26.9 Å². The summed E-state index contributed by atoms with van der Waals surface area (Å²) in [7, 11) is 0. The van der Waals surface area contributed by atoms with Crippen LogP contribution in [0.3, 0.4) is 0 Å². The fourth-order valence-corrected chi connectivity index (χ4v) is 6.99. The molecule has 3 heterocycles. The van der Waals surface area contributed by atoms with Gasteiger partial charge in [-0.3, -0.25) is 0 Å². The molecule has 0 unspecified atom stereocenters. The van der Waals surface area contributed by atoms with Crippen LogP contribution in [0.15, 0.2) is 140 Å². The molecule has 8 aromatic rings. The van der Waals surface area contributed by atoms with Crippen molar-refractivity contribution in [3.8, 4) is 28.4 Å². The molecular formula is C45H32FN4OPt-3. The van der Waals surface area contributed by atoms with E-state index in [0.717, 1.165) is 73.5 Å². The first-order valence-corrected chi connectivity index (χ1v) is 17.0. The number of pyridine rings is 1. The number of aryl methyl sites for hydroxylation is 2. The largest absolute Gasteiger partial charge is 0.509 e. The Hall–Kier alpha value is -5.71. The van der Waals surface area contributed by atoms with Crippen molar-refractivity contribution in [2.45, 2.75) is 20.3 Å². The summed E-state index contributed by atoms with van der Waals surface area (Å²) in [5.74, 6) is 1.66. The third kappa shape index (κ3) is 5.93. The minimum Gasteiger partial charge on any atom is -0.509 e. The van der Waals surface area contributed by atoms with Crippen LogP contribution in [0, 0.1) is 31.5 Å². The van der Waals surface area contributed by atoms with Gasteiger partial charge in [0.15, 0.2) is 0 Å². The van der Waals surface area contributed by atoms with E-state index in [0.29, 0.717) is 11.5 Å². The van der Waals surface area contributed by atoms with Crippen LogP contribution in [0.2, 0.25) is 0 Å². The molecule has 52 heavy (non-hydrogen) atoms. The molecule has 0 saturated carbocycles. The second-order valence-electron chi connectivity index (χ2n) is 12.7. The number of ether oxygens (including phenoxy) is 1. The molecule has 0 N–H and O–H groups in total. The minimum absolute atomic E-state index is 0. The van der Waals surface area contributed by atoms with Crippen LogP contribution >= 0.6 is 0 Å². The Balaban J connectivity index is 0.00000387.